The molecule has 2 aromatic rings. The average Bonchev–Trinajstić information content (AvgIpc) is 2.76. The summed E-state index contributed by atoms with van der Waals surface area (Å²) < 4.78 is 0.378. The summed E-state index contributed by atoms with van der Waals surface area (Å²) in [5.41, 5.74) is 3.14. The third kappa shape index (κ3) is 2.76. The van der Waals surface area contributed by atoms with E-state index in [0.29, 0.717) is 9.23 Å². The van der Waals surface area contributed by atoms with E-state index in [1.807, 2.05) is 60.7 Å². The first-order valence-corrected chi connectivity index (χ1v) is 7.56. The zero-order valence-electron chi connectivity index (χ0n) is 11.0. The molecule has 3 rings (SSSR count). The summed E-state index contributed by atoms with van der Waals surface area (Å²) in [4.78, 5) is 12.5. The Labute approximate surface area is 132 Å². The third-order valence-corrected chi connectivity index (χ3v) is 4.49. The van der Waals surface area contributed by atoms with E-state index in [2.05, 4.69) is 0 Å². The SMILES string of the molecule is NN1C(=O)/C(=C/c2ccccc2-c2ccccc2)SC1=S. The second-order valence-corrected chi connectivity index (χ2v) is 6.18. The Balaban J connectivity index is 2.05. The second kappa shape index (κ2) is 5.81. The first-order chi connectivity index (χ1) is 10.2. The van der Waals surface area contributed by atoms with E-state index in [1.54, 1.807) is 0 Å². The highest BCUT2D eigenvalue weighted by atomic mass is 32.2. The van der Waals surface area contributed by atoms with Crippen molar-refractivity contribution in [3.8, 4) is 11.1 Å². The van der Waals surface area contributed by atoms with Gasteiger partial charge < -0.3 is 0 Å². The van der Waals surface area contributed by atoms with E-state index in [0.717, 1.165) is 21.7 Å². The molecular formula is C16H12N2OS2. The van der Waals surface area contributed by atoms with Crippen LogP contribution >= 0.6 is 24.0 Å². The number of nitrogens with two attached hydrogens (primary N) is 1. The van der Waals surface area contributed by atoms with Crippen LogP contribution in [0.4, 0.5) is 0 Å². The summed E-state index contributed by atoms with van der Waals surface area (Å²) in [7, 11) is 0. The maximum atomic E-state index is 12.0. The lowest BCUT2D eigenvalue weighted by atomic mass is 9.99. The summed E-state index contributed by atoms with van der Waals surface area (Å²) in [6, 6.07) is 18.0. The topological polar surface area (TPSA) is 46.3 Å². The molecule has 0 saturated carbocycles. The largest absolute Gasteiger partial charge is 0.280 e. The summed E-state index contributed by atoms with van der Waals surface area (Å²) >= 11 is 6.27. The van der Waals surface area contributed by atoms with E-state index < -0.39 is 0 Å². The van der Waals surface area contributed by atoms with Crippen molar-refractivity contribution in [1.82, 2.24) is 5.01 Å². The van der Waals surface area contributed by atoms with Crippen LogP contribution in [-0.4, -0.2) is 15.2 Å². The highest BCUT2D eigenvalue weighted by Gasteiger charge is 2.29. The van der Waals surface area contributed by atoms with Gasteiger partial charge in [0, 0.05) is 0 Å². The molecule has 104 valence electrons. The van der Waals surface area contributed by atoms with Gasteiger partial charge in [-0.25, -0.2) is 10.9 Å². The molecular weight excluding hydrogens is 300 g/mol. The molecule has 1 aliphatic heterocycles. The van der Waals surface area contributed by atoms with Crippen molar-refractivity contribution in [2.75, 3.05) is 0 Å². The summed E-state index contributed by atoms with van der Waals surface area (Å²) in [6.07, 6.45) is 1.84. The number of benzene rings is 2. The fourth-order valence-corrected chi connectivity index (χ4v) is 3.22. The fraction of sp³-hybridized carbons (Fsp3) is 0. The van der Waals surface area contributed by atoms with Crippen molar-refractivity contribution < 1.29 is 4.79 Å². The molecule has 2 N–H and O–H groups in total. The number of hydrogen-bond acceptors (Lipinski definition) is 4. The van der Waals surface area contributed by atoms with Crippen LogP contribution in [0.3, 0.4) is 0 Å². The number of amides is 1. The molecule has 1 saturated heterocycles. The van der Waals surface area contributed by atoms with E-state index in [4.69, 9.17) is 18.1 Å². The minimum atomic E-state index is -0.257. The third-order valence-electron chi connectivity index (χ3n) is 3.16. The van der Waals surface area contributed by atoms with Crippen molar-refractivity contribution >= 4 is 40.3 Å². The highest BCUT2D eigenvalue weighted by Crippen LogP contribution is 2.33. The van der Waals surface area contributed by atoms with Crippen LogP contribution in [0.15, 0.2) is 59.5 Å². The van der Waals surface area contributed by atoms with Gasteiger partial charge in [-0.15, -0.1) is 0 Å². The number of thioether (sulfide) groups is 1. The molecule has 21 heavy (non-hydrogen) atoms. The number of nitrogens with zero attached hydrogens (tertiary/aromatic N) is 1. The molecule has 1 fully saturated rings. The van der Waals surface area contributed by atoms with Gasteiger partial charge in [-0.3, -0.25) is 4.79 Å². The number of thiocarbonyl (C=S) groups is 1. The average molecular weight is 312 g/mol. The van der Waals surface area contributed by atoms with Gasteiger partial charge in [0.2, 0.25) is 0 Å². The van der Waals surface area contributed by atoms with Crippen LogP contribution in [-0.2, 0) is 4.79 Å². The zero-order chi connectivity index (χ0) is 14.8. The summed E-state index contributed by atoms with van der Waals surface area (Å²) in [5.74, 6) is 5.34. The molecule has 1 amide bonds. The molecule has 0 aromatic heterocycles. The Hall–Kier alpha value is -1.95. The fourth-order valence-electron chi connectivity index (χ4n) is 2.12. The Bertz CT molecular complexity index is 741. The monoisotopic (exact) mass is 312 g/mol. The molecule has 1 heterocycles. The summed E-state index contributed by atoms with van der Waals surface area (Å²) in [5, 5.41) is 1.01. The van der Waals surface area contributed by atoms with E-state index in [9.17, 15) is 4.79 Å². The molecule has 3 nitrogen and oxygen atoms in total. The lowest BCUT2D eigenvalue weighted by Gasteiger charge is -2.07. The first-order valence-electron chi connectivity index (χ1n) is 6.34. The van der Waals surface area contributed by atoms with Gasteiger partial charge in [0.05, 0.1) is 4.91 Å². The van der Waals surface area contributed by atoms with Crippen LogP contribution in [0.5, 0.6) is 0 Å². The molecule has 0 radical (unpaired) electrons. The van der Waals surface area contributed by atoms with Gasteiger partial charge >= 0.3 is 0 Å². The molecule has 0 aliphatic carbocycles. The molecule has 5 heteroatoms. The van der Waals surface area contributed by atoms with Crippen molar-refractivity contribution in [2.24, 2.45) is 5.84 Å². The highest BCUT2D eigenvalue weighted by molar-refractivity contribution is 8.26. The first kappa shape index (κ1) is 14.0. The summed E-state index contributed by atoms with van der Waals surface area (Å²) in [6.45, 7) is 0. The van der Waals surface area contributed by atoms with Gasteiger partial charge in [-0.2, -0.15) is 0 Å². The second-order valence-electron chi connectivity index (χ2n) is 4.50. The van der Waals surface area contributed by atoms with Crippen LogP contribution < -0.4 is 5.84 Å². The van der Waals surface area contributed by atoms with Crippen molar-refractivity contribution in [1.29, 1.82) is 0 Å². The minimum Gasteiger partial charge on any atom is -0.267 e. The molecule has 0 unspecified atom stereocenters. The van der Waals surface area contributed by atoms with Crippen molar-refractivity contribution in [3.05, 3.63) is 65.1 Å². The van der Waals surface area contributed by atoms with Crippen LogP contribution in [0.2, 0.25) is 0 Å². The smallest absolute Gasteiger partial charge is 0.267 e. The molecule has 0 atom stereocenters. The number of rotatable bonds is 2. The van der Waals surface area contributed by atoms with Crippen LogP contribution in [0, 0.1) is 0 Å². The minimum absolute atomic E-state index is 0.257. The predicted molar refractivity (Wildman–Crippen MR) is 91.1 cm³/mol. The standard InChI is InChI=1S/C16H12N2OS2/c17-18-15(19)14(21-16(18)20)10-12-8-4-5-9-13(12)11-6-2-1-3-7-11/h1-10H,17H2/b14-10-. The Morgan fingerprint density at radius 2 is 1.71 bits per heavy atom. The number of carbonyl (C=O) groups excluding carboxylic acids is 1. The number of hydrazine groups is 1. The maximum absolute atomic E-state index is 12.0. The van der Waals surface area contributed by atoms with Gasteiger partial charge in [0.15, 0.2) is 4.32 Å². The Morgan fingerprint density at radius 3 is 2.38 bits per heavy atom. The Morgan fingerprint density at radius 1 is 1.05 bits per heavy atom. The number of carbonyl (C=O) groups is 1. The van der Waals surface area contributed by atoms with Crippen LogP contribution in [0.1, 0.15) is 5.56 Å². The van der Waals surface area contributed by atoms with Gasteiger partial charge in [-0.1, -0.05) is 78.6 Å². The molecule has 0 spiro atoms. The lowest BCUT2D eigenvalue weighted by Crippen LogP contribution is -2.34. The zero-order valence-corrected chi connectivity index (χ0v) is 12.7. The normalized spacial score (nSPS) is 16.8. The molecule has 2 aromatic carbocycles. The predicted octanol–water partition coefficient (Wildman–Crippen LogP) is 3.43. The quantitative estimate of drug-likeness (QED) is 0.399. The molecule has 0 bridgehead atoms. The van der Waals surface area contributed by atoms with Gasteiger partial charge in [0.25, 0.3) is 5.91 Å². The number of hydrogen-bond donors (Lipinski definition) is 1. The van der Waals surface area contributed by atoms with Gasteiger partial charge in [0.1, 0.15) is 0 Å². The van der Waals surface area contributed by atoms with Crippen molar-refractivity contribution in [2.45, 2.75) is 0 Å². The van der Waals surface area contributed by atoms with E-state index in [-0.39, 0.29) is 5.91 Å². The lowest BCUT2D eigenvalue weighted by molar-refractivity contribution is -0.122. The van der Waals surface area contributed by atoms with E-state index in [1.165, 1.54) is 11.8 Å². The Kier molecular flexibility index (Phi) is 3.88. The van der Waals surface area contributed by atoms with Crippen molar-refractivity contribution in [3.63, 3.8) is 0 Å². The van der Waals surface area contributed by atoms with E-state index >= 15 is 0 Å². The van der Waals surface area contributed by atoms with Crippen LogP contribution in [0.25, 0.3) is 17.2 Å². The van der Waals surface area contributed by atoms with Gasteiger partial charge in [-0.05, 0) is 22.8 Å². The molecule has 1 aliphatic rings. The maximum Gasteiger partial charge on any atom is 0.280 e.